The van der Waals surface area contributed by atoms with Gasteiger partial charge in [-0.2, -0.15) is 4.31 Å². The fourth-order valence-corrected chi connectivity index (χ4v) is 8.92. The molecule has 3 unspecified atom stereocenters. The van der Waals surface area contributed by atoms with Gasteiger partial charge in [0.1, 0.15) is 0 Å². The van der Waals surface area contributed by atoms with Gasteiger partial charge in [-0.05, 0) is 58.9 Å². The van der Waals surface area contributed by atoms with E-state index in [9.17, 15) is 8.42 Å². The zero-order valence-electron chi connectivity index (χ0n) is 23.6. The maximum atomic E-state index is 14.0. The molecule has 8 heteroatoms. The molecule has 0 spiro atoms. The lowest BCUT2D eigenvalue weighted by Gasteiger charge is -2.40. The maximum Gasteiger partial charge on any atom is 0.243 e. The van der Waals surface area contributed by atoms with Crippen molar-refractivity contribution in [2.45, 2.75) is 29.3 Å². The first-order chi connectivity index (χ1) is 20.9. The van der Waals surface area contributed by atoms with Crippen molar-refractivity contribution in [1.82, 2.24) is 9.21 Å². The van der Waals surface area contributed by atoms with Gasteiger partial charge >= 0.3 is 0 Å². The van der Waals surface area contributed by atoms with Crippen LogP contribution in [0.4, 0.5) is 5.69 Å². The summed E-state index contributed by atoms with van der Waals surface area (Å²) in [6.45, 7) is 2.18. The highest BCUT2D eigenvalue weighted by atomic mass is 35.5. The number of halogens is 2. The zero-order valence-corrected chi connectivity index (χ0v) is 25.9. The molecule has 0 amide bonds. The molecule has 1 saturated heterocycles. The van der Waals surface area contributed by atoms with Crippen molar-refractivity contribution < 1.29 is 8.42 Å². The molecule has 0 aromatic heterocycles. The van der Waals surface area contributed by atoms with E-state index < -0.39 is 10.0 Å². The molecule has 3 aliphatic rings. The highest BCUT2D eigenvalue weighted by Crippen LogP contribution is 2.51. The third kappa shape index (κ3) is 5.30. The SMILES string of the molecule is O=S(=O)(c1ccc2c(c1)C1C=CCC1C(c1cccc(Cl)c1Cl)N2)N1CCN(C(c2ccccc2)c2ccccc2)CC1. The minimum absolute atomic E-state index is 0.0172. The summed E-state index contributed by atoms with van der Waals surface area (Å²) >= 11 is 13.0. The van der Waals surface area contributed by atoms with Crippen molar-refractivity contribution >= 4 is 38.9 Å². The van der Waals surface area contributed by atoms with E-state index in [1.165, 1.54) is 11.1 Å². The monoisotopic (exact) mass is 629 g/mol. The molecule has 220 valence electrons. The molecule has 2 heterocycles. The van der Waals surface area contributed by atoms with Gasteiger partial charge in [-0.3, -0.25) is 4.90 Å². The first-order valence-electron chi connectivity index (χ1n) is 14.8. The van der Waals surface area contributed by atoms with Gasteiger partial charge in [0.05, 0.1) is 27.0 Å². The Morgan fingerprint density at radius 1 is 0.767 bits per heavy atom. The summed E-state index contributed by atoms with van der Waals surface area (Å²) in [5.41, 5.74) is 5.34. The first-order valence-corrected chi connectivity index (χ1v) is 17.0. The number of rotatable bonds is 6. The van der Waals surface area contributed by atoms with Crippen LogP contribution in [0.25, 0.3) is 0 Å². The van der Waals surface area contributed by atoms with E-state index in [-0.39, 0.29) is 23.9 Å². The van der Waals surface area contributed by atoms with E-state index in [2.05, 4.69) is 70.9 Å². The quantitative estimate of drug-likeness (QED) is 0.220. The van der Waals surface area contributed by atoms with Gasteiger partial charge in [0, 0.05) is 37.8 Å². The summed E-state index contributed by atoms with van der Waals surface area (Å²) in [5.74, 6) is 0.318. The van der Waals surface area contributed by atoms with Gasteiger partial charge in [0.25, 0.3) is 0 Å². The normalized spacial score (nSPS) is 22.3. The molecule has 0 bridgehead atoms. The van der Waals surface area contributed by atoms with E-state index in [0.29, 0.717) is 41.1 Å². The fourth-order valence-electron chi connectivity index (χ4n) is 7.04. The number of benzene rings is 4. The third-order valence-electron chi connectivity index (χ3n) is 9.16. The molecule has 5 nitrogen and oxygen atoms in total. The number of sulfonamides is 1. The molecule has 7 rings (SSSR count). The third-order valence-corrected chi connectivity index (χ3v) is 11.9. The van der Waals surface area contributed by atoms with Crippen LogP contribution >= 0.6 is 23.2 Å². The number of hydrogen-bond acceptors (Lipinski definition) is 4. The van der Waals surface area contributed by atoms with E-state index in [1.54, 1.807) is 16.4 Å². The van der Waals surface area contributed by atoms with Crippen LogP contribution in [0.1, 0.15) is 46.7 Å². The summed E-state index contributed by atoms with van der Waals surface area (Å²) in [4.78, 5) is 2.74. The van der Waals surface area contributed by atoms with Crippen LogP contribution in [0, 0.1) is 5.92 Å². The number of nitrogens with zero attached hydrogens (tertiary/aromatic N) is 2. The number of fused-ring (bicyclic) bond motifs is 3. The Morgan fingerprint density at radius 3 is 2.12 bits per heavy atom. The van der Waals surface area contributed by atoms with Crippen LogP contribution in [0.2, 0.25) is 10.0 Å². The summed E-state index contributed by atoms with van der Waals surface area (Å²) < 4.78 is 29.6. The Bertz CT molecular complexity index is 1720. The van der Waals surface area contributed by atoms with Crippen molar-refractivity contribution in [2.75, 3.05) is 31.5 Å². The molecule has 2 aliphatic heterocycles. The second kappa shape index (κ2) is 11.8. The van der Waals surface area contributed by atoms with Crippen molar-refractivity contribution in [3.05, 3.63) is 142 Å². The molecule has 4 aromatic rings. The van der Waals surface area contributed by atoms with Crippen molar-refractivity contribution in [3.8, 4) is 0 Å². The molecule has 4 aromatic carbocycles. The predicted octanol–water partition coefficient (Wildman–Crippen LogP) is 7.92. The summed E-state index contributed by atoms with van der Waals surface area (Å²) in [7, 11) is -3.66. The fraction of sp³-hybridized carbons (Fsp3) is 0.257. The van der Waals surface area contributed by atoms with Gasteiger partial charge in [0.15, 0.2) is 0 Å². The number of nitrogens with one attached hydrogen (secondary N) is 1. The van der Waals surface area contributed by atoms with Crippen LogP contribution in [-0.4, -0.2) is 43.8 Å². The van der Waals surface area contributed by atoms with E-state index >= 15 is 0 Å². The maximum absolute atomic E-state index is 14.0. The summed E-state index contributed by atoms with van der Waals surface area (Å²) in [6.07, 6.45) is 5.28. The lowest BCUT2D eigenvalue weighted by atomic mass is 9.77. The van der Waals surface area contributed by atoms with Gasteiger partial charge in [-0.25, -0.2) is 8.42 Å². The Morgan fingerprint density at radius 2 is 1.44 bits per heavy atom. The molecular formula is C35H33Cl2N3O2S. The number of anilines is 1. The lowest BCUT2D eigenvalue weighted by molar-refractivity contribution is 0.156. The van der Waals surface area contributed by atoms with Gasteiger partial charge in [-0.1, -0.05) is 108 Å². The predicted molar refractivity (Wildman–Crippen MR) is 174 cm³/mol. The Kier molecular flexibility index (Phi) is 7.83. The largest absolute Gasteiger partial charge is 0.378 e. The Hall–Kier alpha value is -3.13. The van der Waals surface area contributed by atoms with Crippen LogP contribution in [-0.2, 0) is 10.0 Å². The summed E-state index contributed by atoms with van der Waals surface area (Å²) in [5, 5.41) is 4.76. The molecule has 3 atom stereocenters. The minimum atomic E-state index is -3.66. The van der Waals surface area contributed by atoms with Crippen LogP contribution in [0.3, 0.4) is 0 Å². The van der Waals surface area contributed by atoms with E-state index in [0.717, 1.165) is 23.2 Å². The Labute approximate surface area is 263 Å². The molecule has 1 aliphatic carbocycles. The van der Waals surface area contributed by atoms with Crippen LogP contribution in [0.5, 0.6) is 0 Å². The van der Waals surface area contributed by atoms with Crippen molar-refractivity contribution in [2.24, 2.45) is 5.92 Å². The van der Waals surface area contributed by atoms with Gasteiger partial charge in [0.2, 0.25) is 10.0 Å². The molecular weight excluding hydrogens is 597 g/mol. The highest BCUT2D eigenvalue weighted by molar-refractivity contribution is 7.89. The molecule has 1 N–H and O–H groups in total. The standard InChI is InChI=1S/C35H33Cl2N3O2S/c36-31-16-8-15-29(33(31)37)34-28-14-7-13-27(28)30-23-26(17-18-32(30)38-34)43(41,42)40-21-19-39(20-22-40)35(24-9-3-1-4-10-24)25-11-5-2-6-12-25/h1-13,15-18,23,27-28,34-35,38H,14,19-22H2. The van der Waals surface area contributed by atoms with Gasteiger partial charge in [-0.15, -0.1) is 0 Å². The highest BCUT2D eigenvalue weighted by Gasteiger charge is 2.40. The van der Waals surface area contributed by atoms with Crippen molar-refractivity contribution in [1.29, 1.82) is 0 Å². The number of piperazine rings is 1. The Balaban J connectivity index is 1.13. The summed E-state index contributed by atoms with van der Waals surface area (Å²) in [6, 6.07) is 32.2. The van der Waals surface area contributed by atoms with Crippen LogP contribution in [0.15, 0.2) is 114 Å². The van der Waals surface area contributed by atoms with Gasteiger partial charge < -0.3 is 5.32 Å². The minimum Gasteiger partial charge on any atom is -0.378 e. The first kappa shape index (κ1) is 28.6. The topological polar surface area (TPSA) is 52.7 Å². The second-order valence-corrected chi connectivity index (χ2v) is 14.3. The molecule has 1 fully saturated rings. The zero-order chi connectivity index (χ0) is 29.6. The molecule has 0 radical (unpaired) electrons. The van der Waals surface area contributed by atoms with E-state index in [4.69, 9.17) is 23.2 Å². The van der Waals surface area contributed by atoms with Crippen molar-refractivity contribution in [3.63, 3.8) is 0 Å². The smallest absolute Gasteiger partial charge is 0.243 e. The van der Waals surface area contributed by atoms with Crippen LogP contribution < -0.4 is 5.32 Å². The molecule has 43 heavy (non-hydrogen) atoms. The molecule has 0 saturated carbocycles. The number of hydrogen-bond donors (Lipinski definition) is 1. The van der Waals surface area contributed by atoms with E-state index in [1.807, 2.05) is 36.4 Å². The number of allylic oxidation sites excluding steroid dienone is 2. The average molecular weight is 631 g/mol. The lowest BCUT2D eigenvalue weighted by Crippen LogP contribution is -2.49. The second-order valence-electron chi connectivity index (χ2n) is 11.5. The average Bonchev–Trinajstić information content (AvgIpc) is 3.54.